The monoisotopic (exact) mass is 342 g/mol. The van der Waals surface area contributed by atoms with Crippen LogP contribution >= 0.6 is 35.3 Å². The highest BCUT2D eigenvalue weighted by molar-refractivity contribution is 7.16. The van der Waals surface area contributed by atoms with Gasteiger partial charge >= 0.3 is 0 Å². The predicted octanol–water partition coefficient (Wildman–Crippen LogP) is 4.28. The molecule has 2 heterocycles. The zero-order chi connectivity index (χ0) is 14.1. The van der Waals surface area contributed by atoms with Crippen LogP contribution in [0.2, 0.25) is 4.34 Å². The number of anilines is 1. The Labute approximate surface area is 139 Å². The number of thiophene rings is 1. The van der Waals surface area contributed by atoms with Gasteiger partial charge in [0, 0.05) is 22.7 Å². The molecule has 0 saturated heterocycles. The molecule has 0 spiro atoms. The minimum Gasteiger partial charge on any atom is -0.384 e. The number of carbonyl (C=O) groups excluding carboxylic acids is 1. The zero-order valence-electron chi connectivity index (χ0n) is 11.5. The lowest BCUT2D eigenvalue weighted by molar-refractivity contribution is 0.0940. The SMILES string of the molecule is CC(NC(=O)c1ccc2c(c1)CCN2)c1ccc(Cl)s1.Cl. The topological polar surface area (TPSA) is 41.1 Å². The van der Waals surface area contributed by atoms with E-state index in [0.29, 0.717) is 5.56 Å². The maximum absolute atomic E-state index is 12.3. The van der Waals surface area contributed by atoms with Gasteiger partial charge in [0.25, 0.3) is 5.91 Å². The lowest BCUT2D eigenvalue weighted by atomic mass is 10.1. The van der Waals surface area contributed by atoms with Crippen molar-refractivity contribution in [2.75, 3.05) is 11.9 Å². The Morgan fingerprint density at radius 2 is 2.19 bits per heavy atom. The fraction of sp³-hybridized carbons (Fsp3) is 0.267. The molecule has 1 unspecified atom stereocenters. The lowest BCUT2D eigenvalue weighted by Crippen LogP contribution is -2.26. The smallest absolute Gasteiger partial charge is 0.251 e. The molecule has 1 aliphatic heterocycles. The molecule has 3 nitrogen and oxygen atoms in total. The van der Waals surface area contributed by atoms with E-state index >= 15 is 0 Å². The second-order valence-corrected chi connectivity index (χ2v) is 6.63. The molecule has 1 amide bonds. The van der Waals surface area contributed by atoms with E-state index in [4.69, 9.17) is 11.6 Å². The number of nitrogens with one attached hydrogen (secondary N) is 2. The molecule has 1 aromatic carbocycles. The molecule has 0 radical (unpaired) electrons. The first-order valence-corrected chi connectivity index (χ1v) is 7.76. The maximum atomic E-state index is 12.3. The van der Waals surface area contributed by atoms with Gasteiger partial charge in [-0.25, -0.2) is 0 Å². The first kappa shape index (κ1) is 16.1. The summed E-state index contributed by atoms with van der Waals surface area (Å²) in [5.41, 5.74) is 3.06. The van der Waals surface area contributed by atoms with Crippen LogP contribution in [0.4, 0.5) is 5.69 Å². The predicted molar refractivity (Wildman–Crippen MR) is 91.1 cm³/mol. The maximum Gasteiger partial charge on any atom is 0.251 e. The third-order valence-electron chi connectivity index (χ3n) is 3.45. The molecule has 0 fully saturated rings. The second-order valence-electron chi connectivity index (χ2n) is 4.89. The number of carbonyl (C=O) groups is 1. The zero-order valence-corrected chi connectivity index (χ0v) is 13.9. The Hall–Kier alpha value is -1.23. The van der Waals surface area contributed by atoms with Gasteiger partial charge in [0.05, 0.1) is 10.4 Å². The van der Waals surface area contributed by atoms with Crippen LogP contribution in [0.25, 0.3) is 0 Å². The first-order valence-electron chi connectivity index (χ1n) is 6.56. The number of amides is 1. The quantitative estimate of drug-likeness (QED) is 0.873. The lowest BCUT2D eigenvalue weighted by Gasteiger charge is -2.12. The van der Waals surface area contributed by atoms with Crippen LogP contribution in [-0.2, 0) is 6.42 Å². The molecule has 3 rings (SSSR count). The number of rotatable bonds is 3. The van der Waals surface area contributed by atoms with Crippen molar-refractivity contribution >= 4 is 46.9 Å². The van der Waals surface area contributed by atoms with E-state index in [1.54, 1.807) is 0 Å². The van der Waals surface area contributed by atoms with Crippen LogP contribution in [0.5, 0.6) is 0 Å². The standard InChI is InChI=1S/C15H15ClN2OS.ClH/c1-9(13-4-5-14(16)20-13)18-15(19)11-2-3-12-10(8-11)6-7-17-12;/h2-5,8-9,17H,6-7H2,1H3,(H,18,19);1H. The molecule has 0 bridgehead atoms. The summed E-state index contributed by atoms with van der Waals surface area (Å²) in [5, 5.41) is 6.30. The van der Waals surface area contributed by atoms with Gasteiger partial charge in [0.15, 0.2) is 0 Å². The highest BCUT2D eigenvalue weighted by Gasteiger charge is 2.16. The van der Waals surface area contributed by atoms with Gasteiger partial charge in [-0.2, -0.15) is 0 Å². The molecular weight excluding hydrogens is 327 g/mol. The minimum atomic E-state index is -0.0447. The normalized spacial score (nSPS) is 13.8. The van der Waals surface area contributed by atoms with E-state index in [1.807, 2.05) is 37.3 Å². The van der Waals surface area contributed by atoms with Gasteiger partial charge in [-0.3, -0.25) is 4.79 Å². The van der Waals surface area contributed by atoms with E-state index in [1.165, 1.54) is 16.9 Å². The van der Waals surface area contributed by atoms with E-state index in [0.717, 1.165) is 27.9 Å². The van der Waals surface area contributed by atoms with Gasteiger partial charge in [-0.1, -0.05) is 11.6 Å². The molecule has 1 aliphatic rings. The molecule has 2 N–H and O–H groups in total. The van der Waals surface area contributed by atoms with Crippen LogP contribution in [0.15, 0.2) is 30.3 Å². The average Bonchev–Trinajstić information content (AvgIpc) is 3.05. The van der Waals surface area contributed by atoms with Crippen molar-refractivity contribution in [3.63, 3.8) is 0 Å². The summed E-state index contributed by atoms with van der Waals surface area (Å²) in [5.74, 6) is -0.0447. The molecule has 6 heteroatoms. The van der Waals surface area contributed by atoms with Gasteiger partial charge in [-0.15, -0.1) is 23.7 Å². The summed E-state index contributed by atoms with van der Waals surface area (Å²) in [4.78, 5) is 13.3. The molecule has 2 aromatic rings. The number of benzene rings is 1. The summed E-state index contributed by atoms with van der Waals surface area (Å²) in [6, 6.07) is 9.57. The van der Waals surface area contributed by atoms with Crippen molar-refractivity contribution in [1.82, 2.24) is 5.32 Å². The summed E-state index contributed by atoms with van der Waals surface area (Å²) < 4.78 is 0.740. The minimum absolute atomic E-state index is 0. The van der Waals surface area contributed by atoms with Gasteiger partial charge in [-0.05, 0) is 49.2 Å². The second kappa shape index (κ2) is 6.69. The third-order valence-corrected chi connectivity index (χ3v) is 4.86. The molecule has 112 valence electrons. The third kappa shape index (κ3) is 3.51. The molecule has 0 aliphatic carbocycles. The molecule has 21 heavy (non-hydrogen) atoms. The molecule has 1 aromatic heterocycles. The van der Waals surface area contributed by atoms with E-state index in [9.17, 15) is 4.79 Å². The van der Waals surface area contributed by atoms with E-state index < -0.39 is 0 Å². The van der Waals surface area contributed by atoms with Gasteiger partial charge < -0.3 is 10.6 Å². The van der Waals surface area contributed by atoms with Crippen LogP contribution < -0.4 is 10.6 Å². The fourth-order valence-corrected chi connectivity index (χ4v) is 3.42. The Balaban J connectivity index is 0.00000161. The fourth-order valence-electron chi connectivity index (χ4n) is 2.36. The van der Waals surface area contributed by atoms with Crippen LogP contribution in [0, 0.1) is 0 Å². The van der Waals surface area contributed by atoms with Crippen molar-refractivity contribution in [1.29, 1.82) is 0 Å². The van der Waals surface area contributed by atoms with Crippen molar-refractivity contribution in [2.24, 2.45) is 0 Å². The van der Waals surface area contributed by atoms with Crippen molar-refractivity contribution in [2.45, 2.75) is 19.4 Å². The Morgan fingerprint density at radius 3 is 2.90 bits per heavy atom. The van der Waals surface area contributed by atoms with Crippen molar-refractivity contribution < 1.29 is 4.79 Å². The Bertz CT molecular complexity index is 657. The van der Waals surface area contributed by atoms with Gasteiger partial charge in [0.2, 0.25) is 0 Å². The first-order chi connectivity index (χ1) is 9.63. The molecule has 1 atom stereocenters. The summed E-state index contributed by atoms with van der Waals surface area (Å²) >= 11 is 7.41. The molecular formula is C15H16Cl2N2OS. The highest BCUT2D eigenvalue weighted by atomic mass is 35.5. The number of fused-ring (bicyclic) bond motifs is 1. The van der Waals surface area contributed by atoms with Crippen LogP contribution in [0.3, 0.4) is 0 Å². The molecule has 0 saturated carbocycles. The average molecular weight is 343 g/mol. The summed E-state index contributed by atoms with van der Waals surface area (Å²) in [6.07, 6.45) is 0.979. The highest BCUT2D eigenvalue weighted by Crippen LogP contribution is 2.27. The van der Waals surface area contributed by atoms with Crippen molar-refractivity contribution in [3.05, 3.63) is 50.7 Å². The summed E-state index contributed by atoms with van der Waals surface area (Å²) in [6.45, 7) is 2.92. The van der Waals surface area contributed by atoms with E-state index in [2.05, 4.69) is 10.6 Å². The Morgan fingerprint density at radius 1 is 1.38 bits per heavy atom. The van der Waals surface area contributed by atoms with Crippen LogP contribution in [-0.4, -0.2) is 12.5 Å². The Kier molecular flexibility index (Phi) is 5.14. The van der Waals surface area contributed by atoms with E-state index in [-0.39, 0.29) is 24.4 Å². The van der Waals surface area contributed by atoms with Crippen LogP contribution in [0.1, 0.15) is 33.8 Å². The number of hydrogen-bond acceptors (Lipinski definition) is 3. The summed E-state index contributed by atoms with van der Waals surface area (Å²) in [7, 11) is 0. The van der Waals surface area contributed by atoms with Gasteiger partial charge in [0.1, 0.15) is 0 Å². The van der Waals surface area contributed by atoms with Crippen molar-refractivity contribution in [3.8, 4) is 0 Å². The number of hydrogen-bond donors (Lipinski definition) is 2. The largest absolute Gasteiger partial charge is 0.384 e. The number of halogens is 2.